The first-order valence-electron chi connectivity index (χ1n) is 6.90. The molecule has 2 heterocycles. The summed E-state index contributed by atoms with van der Waals surface area (Å²) in [7, 11) is 0. The van der Waals surface area contributed by atoms with Crippen molar-refractivity contribution in [1.29, 1.82) is 0 Å². The summed E-state index contributed by atoms with van der Waals surface area (Å²) < 4.78 is 11.7. The highest BCUT2D eigenvalue weighted by molar-refractivity contribution is 5.85. The highest BCUT2D eigenvalue weighted by Gasteiger charge is 2.13. The van der Waals surface area contributed by atoms with Crippen molar-refractivity contribution in [3.8, 4) is 11.7 Å². The molecular weight excluding hydrogens is 280 g/mol. The summed E-state index contributed by atoms with van der Waals surface area (Å²) in [6, 6.07) is 17.5. The van der Waals surface area contributed by atoms with Gasteiger partial charge >= 0.3 is 5.76 Å². The topological polar surface area (TPSA) is 61.2 Å². The fourth-order valence-corrected chi connectivity index (χ4v) is 2.50. The van der Waals surface area contributed by atoms with Crippen molar-refractivity contribution < 1.29 is 8.83 Å². The van der Waals surface area contributed by atoms with Crippen LogP contribution in [0.5, 0.6) is 0 Å². The molecule has 2 aromatic heterocycles. The third kappa shape index (κ3) is 2.13. The van der Waals surface area contributed by atoms with E-state index in [9.17, 15) is 4.79 Å². The van der Waals surface area contributed by atoms with Crippen LogP contribution in [0.3, 0.4) is 0 Å². The first-order valence-corrected chi connectivity index (χ1v) is 6.90. The SMILES string of the molecule is O=c1oc(-c2ccco2)nn1Cc1cccc2ccccc12. The second kappa shape index (κ2) is 5.04. The highest BCUT2D eigenvalue weighted by atomic mass is 16.4. The van der Waals surface area contributed by atoms with Crippen LogP contribution < -0.4 is 5.76 Å². The minimum atomic E-state index is -0.501. The number of furan rings is 1. The molecule has 0 radical (unpaired) electrons. The lowest BCUT2D eigenvalue weighted by atomic mass is 10.0. The normalized spacial score (nSPS) is 11.1. The lowest BCUT2D eigenvalue weighted by Gasteiger charge is -2.05. The van der Waals surface area contributed by atoms with Gasteiger partial charge in [-0.1, -0.05) is 42.5 Å². The van der Waals surface area contributed by atoms with E-state index < -0.39 is 5.76 Å². The Labute approximate surface area is 125 Å². The van der Waals surface area contributed by atoms with Crippen LogP contribution in [0.2, 0.25) is 0 Å². The van der Waals surface area contributed by atoms with Gasteiger partial charge in [0.25, 0.3) is 5.89 Å². The molecule has 0 aliphatic rings. The van der Waals surface area contributed by atoms with Crippen molar-refractivity contribution in [3.05, 3.63) is 77.0 Å². The number of hydrogen-bond acceptors (Lipinski definition) is 4. The van der Waals surface area contributed by atoms with Gasteiger partial charge in [-0.3, -0.25) is 0 Å². The highest BCUT2D eigenvalue weighted by Crippen LogP contribution is 2.20. The van der Waals surface area contributed by atoms with Crippen molar-refractivity contribution in [2.24, 2.45) is 0 Å². The summed E-state index contributed by atoms with van der Waals surface area (Å²) in [5.74, 6) is 0.128. The summed E-state index contributed by atoms with van der Waals surface area (Å²) in [4.78, 5) is 12.0. The monoisotopic (exact) mass is 292 g/mol. The fourth-order valence-electron chi connectivity index (χ4n) is 2.50. The van der Waals surface area contributed by atoms with Crippen molar-refractivity contribution in [2.45, 2.75) is 6.54 Å². The predicted octanol–water partition coefficient (Wildman–Crippen LogP) is 3.30. The lowest BCUT2D eigenvalue weighted by molar-refractivity contribution is 0.477. The van der Waals surface area contributed by atoms with Crippen LogP contribution in [0.15, 0.2) is 74.5 Å². The first kappa shape index (κ1) is 12.6. The van der Waals surface area contributed by atoms with Crippen molar-refractivity contribution in [2.75, 3.05) is 0 Å². The standard InChI is InChI=1S/C17H12N2O3/c20-17-19(18-16(22-17)15-9-4-10-21-15)11-13-7-3-6-12-5-1-2-8-14(12)13/h1-10H,11H2. The third-order valence-electron chi connectivity index (χ3n) is 3.54. The zero-order valence-corrected chi connectivity index (χ0v) is 11.6. The number of benzene rings is 2. The molecule has 0 aliphatic heterocycles. The van der Waals surface area contributed by atoms with Crippen LogP contribution in [0.4, 0.5) is 0 Å². The maximum Gasteiger partial charge on any atom is 0.437 e. The van der Waals surface area contributed by atoms with Gasteiger partial charge in [0, 0.05) is 0 Å². The molecule has 4 aromatic rings. The van der Waals surface area contributed by atoms with E-state index in [0.717, 1.165) is 16.3 Å². The van der Waals surface area contributed by atoms with Crippen LogP contribution in [0.25, 0.3) is 22.4 Å². The summed E-state index contributed by atoms with van der Waals surface area (Å²) in [6.07, 6.45) is 1.51. The van der Waals surface area contributed by atoms with Gasteiger partial charge in [0.2, 0.25) is 0 Å². The van der Waals surface area contributed by atoms with Crippen LogP contribution in [0, 0.1) is 0 Å². The maximum atomic E-state index is 12.0. The Morgan fingerprint density at radius 3 is 2.73 bits per heavy atom. The van der Waals surface area contributed by atoms with Gasteiger partial charge in [-0.15, -0.1) is 5.10 Å². The van der Waals surface area contributed by atoms with Gasteiger partial charge in [-0.05, 0) is 28.5 Å². The zero-order valence-electron chi connectivity index (χ0n) is 11.6. The second-order valence-electron chi connectivity index (χ2n) is 4.95. The van der Waals surface area contributed by atoms with Gasteiger partial charge in [-0.2, -0.15) is 4.68 Å². The van der Waals surface area contributed by atoms with E-state index in [0.29, 0.717) is 12.3 Å². The van der Waals surface area contributed by atoms with Crippen molar-refractivity contribution in [1.82, 2.24) is 9.78 Å². The smallest absolute Gasteiger partial charge is 0.437 e. The van der Waals surface area contributed by atoms with Gasteiger partial charge in [0.05, 0.1) is 12.8 Å². The van der Waals surface area contributed by atoms with Crippen molar-refractivity contribution in [3.63, 3.8) is 0 Å². The van der Waals surface area contributed by atoms with Gasteiger partial charge < -0.3 is 8.83 Å². The molecule has 0 saturated heterocycles. The third-order valence-corrected chi connectivity index (χ3v) is 3.54. The predicted molar refractivity (Wildman–Crippen MR) is 81.5 cm³/mol. The van der Waals surface area contributed by atoms with Crippen LogP contribution in [-0.4, -0.2) is 9.78 Å². The minimum absolute atomic E-state index is 0.190. The van der Waals surface area contributed by atoms with Gasteiger partial charge in [0.1, 0.15) is 0 Å². The quantitative estimate of drug-likeness (QED) is 0.581. The summed E-state index contributed by atoms with van der Waals surface area (Å²) in [5, 5.41) is 6.42. The summed E-state index contributed by atoms with van der Waals surface area (Å²) in [6.45, 7) is 0.352. The molecule has 0 amide bonds. The van der Waals surface area contributed by atoms with Crippen LogP contribution >= 0.6 is 0 Å². The average Bonchev–Trinajstić information content (AvgIpc) is 3.18. The minimum Gasteiger partial charge on any atom is -0.459 e. The molecule has 5 nitrogen and oxygen atoms in total. The first-order chi connectivity index (χ1) is 10.8. The Hall–Kier alpha value is -3.08. The molecule has 108 valence electrons. The molecule has 2 aromatic carbocycles. The average molecular weight is 292 g/mol. The van der Waals surface area contributed by atoms with E-state index >= 15 is 0 Å². The van der Waals surface area contributed by atoms with Gasteiger partial charge in [-0.25, -0.2) is 4.79 Å². The number of fused-ring (bicyclic) bond motifs is 1. The molecule has 0 fully saturated rings. The number of hydrogen-bond donors (Lipinski definition) is 0. The Morgan fingerprint density at radius 1 is 1.00 bits per heavy atom. The molecule has 0 spiro atoms. The zero-order chi connectivity index (χ0) is 14.9. The Bertz CT molecular complexity index is 975. The van der Waals surface area contributed by atoms with Crippen LogP contribution in [0.1, 0.15) is 5.56 Å². The largest absolute Gasteiger partial charge is 0.459 e. The Morgan fingerprint density at radius 2 is 1.86 bits per heavy atom. The molecule has 0 unspecified atom stereocenters. The maximum absolute atomic E-state index is 12.0. The number of rotatable bonds is 3. The molecule has 22 heavy (non-hydrogen) atoms. The number of aromatic nitrogens is 2. The van der Waals surface area contributed by atoms with E-state index in [1.807, 2.05) is 42.5 Å². The molecule has 0 N–H and O–H groups in total. The van der Waals surface area contributed by atoms with E-state index in [-0.39, 0.29) is 5.89 Å². The molecule has 0 aliphatic carbocycles. The summed E-state index contributed by atoms with van der Waals surface area (Å²) in [5.41, 5.74) is 1.01. The number of nitrogens with zero attached hydrogens (tertiary/aromatic N) is 2. The van der Waals surface area contributed by atoms with E-state index in [4.69, 9.17) is 8.83 Å². The van der Waals surface area contributed by atoms with E-state index in [1.54, 1.807) is 12.1 Å². The van der Waals surface area contributed by atoms with Gasteiger partial charge in [0.15, 0.2) is 5.76 Å². The van der Waals surface area contributed by atoms with Crippen molar-refractivity contribution >= 4 is 10.8 Å². The molecule has 0 atom stereocenters. The molecule has 5 heteroatoms. The molecule has 4 rings (SSSR count). The Balaban J connectivity index is 1.76. The lowest BCUT2D eigenvalue weighted by Crippen LogP contribution is -2.16. The van der Waals surface area contributed by atoms with E-state index in [2.05, 4.69) is 5.10 Å². The molecule has 0 saturated carbocycles. The summed E-state index contributed by atoms with van der Waals surface area (Å²) >= 11 is 0. The van der Waals surface area contributed by atoms with Crippen LogP contribution in [-0.2, 0) is 6.54 Å². The fraction of sp³-hybridized carbons (Fsp3) is 0.0588. The molecule has 0 bridgehead atoms. The van der Waals surface area contributed by atoms with E-state index in [1.165, 1.54) is 10.9 Å². The molecular formula is C17H12N2O3. The Kier molecular flexibility index (Phi) is 2.89. The second-order valence-corrected chi connectivity index (χ2v) is 4.95.